The van der Waals surface area contributed by atoms with Gasteiger partial charge in [-0.1, -0.05) is 68.5 Å². The van der Waals surface area contributed by atoms with Crippen LogP contribution in [0.5, 0.6) is 5.75 Å². The summed E-state index contributed by atoms with van der Waals surface area (Å²) < 4.78 is 11.0. The van der Waals surface area contributed by atoms with Gasteiger partial charge in [0.15, 0.2) is 12.7 Å². The standard InChI is InChI=1S/C27H36ClNO5/c1-3-5-6-7-8-17-29(19-22-9-13-23(28)14-10-22)26(30)20-34-24-15-11-21(12-16-24)18-25(27(31)32)33-4-2/h9-16,25H,3-8,17-20H2,1-2H3,(H,31,32)/t25-/m0/s1. The first-order chi connectivity index (χ1) is 16.4. The van der Waals surface area contributed by atoms with Crippen LogP contribution in [0.2, 0.25) is 5.02 Å². The van der Waals surface area contributed by atoms with E-state index < -0.39 is 12.1 Å². The molecule has 0 aliphatic heterocycles. The van der Waals surface area contributed by atoms with E-state index in [1.165, 1.54) is 19.3 Å². The van der Waals surface area contributed by atoms with E-state index >= 15 is 0 Å². The van der Waals surface area contributed by atoms with Gasteiger partial charge < -0.3 is 19.5 Å². The fourth-order valence-corrected chi connectivity index (χ4v) is 3.73. The van der Waals surface area contributed by atoms with Crippen LogP contribution < -0.4 is 4.74 Å². The van der Waals surface area contributed by atoms with Crippen molar-refractivity contribution in [2.24, 2.45) is 0 Å². The zero-order chi connectivity index (χ0) is 24.8. The number of nitrogens with zero attached hydrogens (tertiary/aromatic N) is 1. The molecule has 0 heterocycles. The Morgan fingerprint density at radius 2 is 1.59 bits per heavy atom. The average molecular weight is 490 g/mol. The number of rotatable bonds is 16. The third-order valence-corrected chi connectivity index (χ3v) is 5.77. The highest BCUT2D eigenvalue weighted by Gasteiger charge is 2.18. The molecule has 0 saturated carbocycles. The van der Waals surface area contributed by atoms with Gasteiger partial charge in [-0.05, 0) is 48.7 Å². The Balaban J connectivity index is 1.93. The summed E-state index contributed by atoms with van der Waals surface area (Å²) in [6, 6.07) is 14.6. The lowest BCUT2D eigenvalue weighted by molar-refractivity contribution is -0.150. The summed E-state index contributed by atoms with van der Waals surface area (Å²) in [5.74, 6) is -0.491. The van der Waals surface area contributed by atoms with E-state index in [4.69, 9.17) is 21.1 Å². The predicted molar refractivity (Wildman–Crippen MR) is 134 cm³/mol. The Labute approximate surface area is 207 Å². The van der Waals surface area contributed by atoms with Crippen LogP contribution in [-0.4, -0.2) is 47.7 Å². The number of carboxylic acids is 1. The summed E-state index contributed by atoms with van der Waals surface area (Å²) in [7, 11) is 0. The molecule has 34 heavy (non-hydrogen) atoms. The summed E-state index contributed by atoms with van der Waals surface area (Å²) in [6.45, 7) is 5.43. The summed E-state index contributed by atoms with van der Waals surface area (Å²) in [5.41, 5.74) is 1.86. The molecule has 0 unspecified atom stereocenters. The number of carboxylic acid groups (broad SMARTS) is 1. The van der Waals surface area contributed by atoms with Crippen molar-refractivity contribution in [3.8, 4) is 5.75 Å². The summed E-state index contributed by atoms with van der Waals surface area (Å²) in [5, 5.41) is 9.91. The normalized spacial score (nSPS) is 11.7. The SMILES string of the molecule is CCCCCCCN(Cc1ccc(Cl)cc1)C(=O)COc1ccc(C[C@H](OCC)C(=O)O)cc1. The molecular weight excluding hydrogens is 454 g/mol. The number of carbonyl (C=O) groups is 2. The van der Waals surface area contributed by atoms with Gasteiger partial charge in [-0.2, -0.15) is 0 Å². The molecule has 0 bridgehead atoms. The van der Waals surface area contributed by atoms with Crippen molar-refractivity contribution < 1.29 is 24.2 Å². The van der Waals surface area contributed by atoms with E-state index in [1.807, 2.05) is 29.2 Å². The van der Waals surface area contributed by atoms with Gasteiger partial charge in [-0.15, -0.1) is 0 Å². The fraction of sp³-hybridized carbons (Fsp3) is 0.481. The molecule has 6 nitrogen and oxygen atoms in total. The van der Waals surface area contributed by atoms with E-state index in [0.29, 0.717) is 30.5 Å². The van der Waals surface area contributed by atoms with Crippen LogP contribution in [0.15, 0.2) is 48.5 Å². The maximum atomic E-state index is 13.0. The Morgan fingerprint density at radius 3 is 2.21 bits per heavy atom. The Hall–Kier alpha value is -2.57. The van der Waals surface area contributed by atoms with Crippen LogP contribution in [0.25, 0.3) is 0 Å². The molecule has 0 saturated heterocycles. The van der Waals surface area contributed by atoms with E-state index in [1.54, 1.807) is 31.2 Å². The minimum atomic E-state index is -0.983. The summed E-state index contributed by atoms with van der Waals surface area (Å²) >= 11 is 5.99. The van der Waals surface area contributed by atoms with Crippen LogP contribution in [0.4, 0.5) is 0 Å². The van der Waals surface area contributed by atoms with E-state index in [0.717, 1.165) is 24.0 Å². The minimum Gasteiger partial charge on any atom is -0.484 e. The van der Waals surface area contributed by atoms with Crippen molar-refractivity contribution >= 4 is 23.5 Å². The average Bonchev–Trinajstić information content (AvgIpc) is 2.83. The van der Waals surface area contributed by atoms with Crippen molar-refractivity contribution in [3.63, 3.8) is 0 Å². The van der Waals surface area contributed by atoms with Gasteiger partial charge in [0, 0.05) is 31.1 Å². The molecule has 1 amide bonds. The van der Waals surface area contributed by atoms with E-state index in [2.05, 4.69) is 6.92 Å². The second kappa shape index (κ2) is 15.4. The van der Waals surface area contributed by atoms with Crippen molar-refractivity contribution in [1.82, 2.24) is 4.90 Å². The second-order valence-electron chi connectivity index (χ2n) is 8.27. The second-order valence-corrected chi connectivity index (χ2v) is 8.71. The molecule has 2 rings (SSSR count). The van der Waals surface area contributed by atoms with Crippen LogP contribution in [0, 0.1) is 0 Å². The molecular formula is C27H36ClNO5. The van der Waals surface area contributed by atoms with Crippen molar-refractivity contribution in [2.75, 3.05) is 19.8 Å². The molecule has 2 aromatic carbocycles. The number of unbranched alkanes of at least 4 members (excludes halogenated alkanes) is 4. The van der Waals surface area contributed by atoms with Crippen LogP contribution in [0.3, 0.4) is 0 Å². The Morgan fingerprint density at radius 1 is 0.941 bits per heavy atom. The first-order valence-corrected chi connectivity index (χ1v) is 12.4. The molecule has 2 aromatic rings. The number of halogens is 1. The molecule has 0 spiro atoms. The molecule has 186 valence electrons. The van der Waals surface area contributed by atoms with Crippen molar-refractivity contribution in [2.45, 2.75) is 65.0 Å². The third kappa shape index (κ3) is 10.1. The third-order valence-electron chi connectivity index (χ3n) is 5.52. The van der Waals surface area contributed by atoms with Gasteiger partial charge in [0.25, 0.3) is 5.91 Å². The van der Waals surface area contributed by atoms with E-state index in [-0.39, 0.29) is 18.9 Å². The van der Waals surface area contributed by atoms with Crippen LogP contribution >= 0.6 is 11.6 Å². The van der Waals surface area contributed by atoms with Gasteiger partial charge >= 0.3 is 5.97 Å². The van der Waals surface area contributed by atoms with Gasteiger partial charge in [-0.25, -0.2) is 4.79 Å². The fourth-order valence-electron chi connectivity index (χ4n) is 3.60. The molecule has 0 aromatic heterocycles. The van der Waals surface area contributed by atoms with Gasteiger partial charge in [-0.3, -0.25) is 4.79 Å². The topological polar surface area (TPSA) is 76.1 Å². The van der Waals surface area contributed by atoms with Crippen molar-refractivity contribution in [1.29, 1.82) is 0 Å². The van der Waals surface area contributed by atoms with Crippen LogP contribution in [-0.2, 0) is 27.3 Å². The molecule has 1 atom stereocenters. The van der Waals surface area contributed by atoms with E-state index in [9.17, 15) is 14.7 Å². The minimum absolute atomic E-state index is 0.0570. The quantitative estimate of drug-likeness (QED) is 0.304. The van der Waals surface area contributed by atoms with Crippen LogP contribution in [0.1, 0.15) is 57.1 Å². The number of aliphatic carboxylic acids is 1. The molecule has 0 fully saturated rings. The lowest BCUT2D eigenvalue weighted by Gasteiger charge is -2.23. The maximum Gasteiger partial charge on any atom is 0.333 e. The van der Waals surface area contributed by atoms with Gasteiger partial charge in [0.05, 0.1) is 0 Å². The Bertz CT molecular complexity index is 870. The molecule has 7 heteroatoms. The highest BCUT2D eigenvalue weighted by atomic mass is 35.5. The first-order valence-electron chi connectivity index (χ1n) is 12.0. The number of carbonyl (C=O) groups excluding carboxylic acids is 1. The highest BCUT2D eigenvalue weighted by molar-refractivity contribution is 6.30. The lowest BCUT2D eigenvalue weighted by atomic mass is 10.1. The molecule has 0 aliphatic carbocycles. The predicted octanol–water partition coefficient (Wildman–Crippen LogP) is 5.75. The maximum absolute atomic E-state index is 13.0. The lowest BCUT2D eigenvalue weighted by Crippen LogP contribution is -2.35. The number of ether oxygens (including phenoxy) is 2. The zero-order valence-corrected chi connectivity index (χ0v) is 20.9. The Kier molecular flexibility index (Phi) is 12.5. The number of amides is 1. The summed E-state index contributed by atoms with van der Waals surface area (Å²) in [4.78, 5) is 26.1. The van der Waals surface area contributed by atoms with Gasteiger partial charge in [0.1, 0.15) is 5.75 Å². The number of hydrogen-bond donors (Lipinski definition) is 1. The zero-order valence-electron chi connectivity index (χ0n) is 20.2. The van der Waals surface area contributed by atoms with Crippen molar-refractivity contribution in [3.05, 3.63) is 64.7 Å². The number of hydrogen-bond acceptors (Lipinski definition) is 4. The monoisotopic (exact) mass is 489 g/mol. The first kappa shape index (κ1) is 27.7. The van der Waals surface area contributed by atoms with Gasteiger partial charge in [0.2, 0.25) is 0 Å². The molecule has 0 radical (unpaired) electrons. The number of benzene rings is 2. The highest BCUT2D eigenvalue weighted by Crippen LogP contribution is 2.16. The molecule has 1 N–H and O–H groups in total. The smallest absolute Gasteiger partial charge is 0.333 e. The summed E-state index contributed by atoms with van der Waals surface area (Å²) in [6.07, 6.45) is 5.02. The molecule has 0 aliphatic rings. The largest absolute Gasteiger partial charge is 0.484 e.